The van der Waals surface area contributed by atoms with Crippen molar-refractivity contribution in [2.75, 3.05) is 57.9 Å². The van der Waals surface area contributed by atoms with Gasteiger partial charge in [-0.25, -0.2) is 8.42 Å². The van der Waals surface area contributed by atoms with Crippen LogP contribution in [-0.2, 0) is 21.0 Å². The normalized spacial score (nSPS) is 17.6. The Bertz CT molecular complexity index is 655. The van der Waals surface area contributed by atoms with E-state index in [-0.39, 0.29) is 11.8 Å². The summed E-state index contributed by atoms with van der Waals surface area (Å²) in [5, 5.41) is 6.62. The van der Waals surface area contributed by atoms with Crippen LogP contribution in [0.3, 0.4) is 0 Å². The summed E-state index contributed by atoms with van der Waals surface area (Å²) in [6, 6.07) is 3.83. The van der Waals surface area contributed by atoms with E-state index in [9.17, 15) is 8.42 Å². The molecule has 0 amide bonds. The number of nitrogens with zero attached hydrogens (tertiary/aromatic N) is 2. The number of ether oxygens (including phenoxy) is 1. The topological polar surface area (TPSA) is 96.2 Å². The Hall–Kier alpha value is -1.58. The summed E-state index contributed by atoms with van der Waals surface area (Å²) in [6.07, 6.45) is 4.23. The summed E-state index contributed by atoms with van der Waals surface area (Å²) >= 11 is 0. The van der Waals surface area contributed by atoms with Crippen LogP contribution in [0.2, 0.25) is 0 Å². The van der Waals surface area contributed by atoms with Gasteiger partial charge < -0.3 is 19.8 Å². The molecule has 0 aromatic carbocycles. The minimum Gasteiger partial charge on any atom is -0.469 e. The second kappa shape index (κ2) is 11.3. The van der Waals surface area contributed by atoms with E-state index in [1.54, 1.807) is 6.26 Å². The molecular formula is C18H32N4O4S. The Morgan fingerprint density at radius 1 is 1.37 bits per heavy atom. The summed E-state index contributed by atoms with van der Waals surface area (Å²) < 4.78 is 33.5. The first-order valence-corrected chi connectivity index (χ1v) is 11.5. The molecular weight excluding hydrogens is 368 g/mol. The van der Waals surface area contributed by atoms with Crippen LogP contribution in [0, 0.1) is 0 Å². The van der Waals surface area contributed by atoms with Crippen molar-refractivity contribution >= 4 is 15.8 Å². The van der Waals surface area contributed by atoms with Gasteiger partial charge in [-0.1, -0.05) is 0 Å². The number of furan rings is 1. The Morgan fingerprint density at radius 2 is 2.15 bits per heavy atom. The molecule has 1 atom stereocenters. The zero-order valence-corrected chi connectivity index (χ0v) is 17.1. The molecule has 2 heterocycles. The zero-order valence-electron chi connectivity index (χ0n) is 16.3. The standard InChI is InChI=1S/C18H32N4O4S/c1-16(6-15-27(2,23)24)21-18(19-7-5-17-4-3-12-26-17)20-8-9-22-10-13-25-14-11-22/h3-4,12,16H,5-11,13-15H2,1-2H3,(H2,19,20,21). The average molecular weight is 401 g/mol. The van der Waals surface area contributed by atoms with Gasteiger partial charge in [0.2, 0.25) is 0 Å². The van der Waals surface area contributed by atoms with Crippen molar-refractivity contribution in [2.24, 2.45) is 4.99 Å². The first kappa shape index (κ1) is 21.7. The molecule has 0 saturated carbocycles. The van der Waals surface area contributed by atoms with E-state index in [1.165, 1.54) is 6.26 Å². The second-order valence-corrected chi connectivity index (χ2v) is 9.16. The van der Waals surface area contributed by atoms with Gasteiger partial charge in [0.05, 0.1) is 31.8 Å². The van der Waals surface area contributed by atoms with Gasteiger partial charge in [0.15, 0.2) is 5.96 Å². The maximum absolute atomic E-state index is 11.4. The molecule has 1 aliphatic heterocycles. The SMILES string of the molecule is CC(CCS(C)(=O)=O)NC(=NCCN1CCOCC1)NCCc1ccco1. The summed E-state index contributed by atoms with van der Waals surface area (Å²) in [5.74, 6) is 1.78. The molecule has 9 heteroatoms. The number of morpholine rings is 1. The minimum absolute atomic E-state index is 0.0120. The molecule has 8 nitrogen and oxygen atoms in total. The lowest BCUT2D eigenvalue weighted by atomic mass is 10.2. The molecule has 0 radical (unpaired) electrons. The maximum atomic E-state index is 11.4. The van der Waals surface area contributed by atoms with E-state index in [1.807, 2.05) is 19.1 Å². The zero-order chi connectivity index (χ0) is 19.5. The monoisotopic (exact) mass is 400 g/mol. The van der Waals surface area contributed by atoms with Crippen molar-refractivity contribution < 1.29 is 17.6 Å². The molecule has 0 spiro atoms. The summed E-state index contributed by atoms with van der Waals surface area (Å²) in [6.45, 7) is 7.65. The number of rotatable bonds is 10. The largest absolute Gasteiger partial charge is 0.469 e. The van der Waals surface area contributed by atoms with Crippen LogP contribution in [0.4, 0.5) is 0 Å². The quantitative estimate of drug-likeness (QED) is 0.436. The van der Waals surface area contributed by atoms with Gasteiger partial charge in [-0.3, -0.25) is 9.89 Å². The molecule has 1 unspecified atom stereocenters. The van der Waals surface area contributed by atoms with Crippen molar-refractivity contribution in [3.63, 3.8) is 0 Å². The van der Waals surface area contributed by atoms with Crippen LogP contribution in [0.5, 0.6) is 0 Å². The fourth-order valence-electron chi connectivity index (χ4n) is 2.74. The second-order valence-electron chi connectivity index (χ2n) is 6.90. The molecule has 0 aliphatic carbocycles. The number of guanidine groups is 1. The molecule has 1 aromatic rings. The Kier molecular flexibility index (Phi) is 9.09. The number of aliphatic imine (C=N–C) groups is 1. The first-order valence-electron chi connectivity index (χ1n) is 9.47. The molecule has 154 valence electrons. The number of hydrogen-bond acceptors (Lipinski definition) is 6. The Morgan fingerprint density at radius 3 is 2.81 bits per heavy atom. The van der Waals surface area contributed by atoms with Crippen LogP contribution >= 0.6 is 0 Å². The molecule has 0 bridgehead atoms. The lowest BCUT2D eigenvalue weighted by Crippen LogP contribution is -2.44. The van der Waals surface area contributed by atoms with Crippen LogP contribution in [0.15, 0.2) is 27.8 Å². The summed E-state index contributed by atoms with van der Waals surface area (Å²) in [7, 11) is -2.96. The van der Waals surface area contributed by atoms with Gasteiger partial charge >= 0.3 is 0 Å². The molecule has 1 fully saturated rings. The van der Waals surface area contributed by atoms with Crippen molar-refractivity contribution in [1.82, 2.24) is 15.5 Å². The summed E-state index contributed by atoms with van der Waals surface area (Å²) in [4.78, 5) is 6.99. The predicted molar refractivity (Wildman–Crippen MR) is 107 cm³/mol. The highest BCUT2D eigenvalue weighted by atomic mass is 32.2. The van der Waals surface area contributed by atoms with Crippen LogP contribution < -0.4 is 10.6 Å². The lowest BCUT2D eigenvalue weighted by molar-refractivity contribution is 0.0394. The number of sulfone groups is 1. The first-order chi connectivity index (χ1) is 12.9. The minimum atomic E-state index is -2.96. The molecule has 1 aromatic heterocycles. The van der Waals surface area contributed by atoms with Crippen molar-refractivity contribution in [3.8, 4) is 0 Å². The van der Waals surface area contributed by atoms with E-state index in [0.29, 0.717) is 25.5 Å². The van der Waals surface area contributed by atoms with E-state index in [0.717, 1.165) is 45.0 Å². The van der Waals surface area contributed by atoms with Gasteiger partial charge in [-0.2, -0.15) is 0 Å². The summed E-state index contributed by atoms with van der Waals surface area (Å²) in [5.41, 5.74) is 0. The number of hydrogen-bond donors (Lipinski definition) is 2. The van der Waals surface area contributed by atoms with E-state index >= 15 is 0 Å². The van der Waals surface area contributed by atoms with E-state index in [2.05, 4.69) is 20.5 Å². The smallest absolute Gasteiger partial charge is 0.191 e. The fourth-order valence-corrected chi connectivity index (χ4v) is 3.52. The Balaban J connectivity index is 1.82. The Labute approximate surface area is 162 Å². The highest BCUT2D eigenvalue weighted by molar-refractivity contribution is 7.90. The third-order valence-corrected chi connectivity index (χ3v) is 5.32. The average Bonchev–Trinajstić information content (AvgIpc) is 3.13. The molecule has 2 N–H and O–H groups in total. The van der Waals surface area contributed by atoms with Gasteiger partial charge in [0.1, 0.15) is 15.6 Å². The molecule has 1 saturated heterocycles. The highest BCUT2D eigenvalue weighted by Crippen LogP contribution is 2.00. The van der Waals surface area contributed by atoms with Crippen molar-refractivity contribution in [2.45, 2.75) is 25.8 Å². The van der Waals surface area contributed by atoms with Crippen LogP contribution in [-0.4, -0.2) is 83.3 Å². The number of nitrogens with one attached hydrogen (secondary N) is 2. The molecule has 1 aliphatic rings. The highest BCUT2D eigenvalue weighted by Gasteiger charge is 2.11. The maximum Gasteiger partial charge on any atom is 0.191 e. The third-order valence-electron chi connectivity index (χ3n) is 4.34. The molecule has 2 rings (SSSR count). The third kappa shape index (κ3) is 9.78. The van der Waals surface area contributed by atoms with Crippen molar-refractivity contribution in [3.05, 3.63) is 24.2 Å². The van der Waals surface area contributed by atoms with Gasteiger partial charge in [0.25, 0.3) is 0 Å². The lowest BCUT2D eigenvalue weighted by Gasteiger charge is -2.26. The predicted octanol–water partition coefficient (Wildman–Crippen LogP) is 0.513. The fraction of sp³-hybridized carbons (Fsp3) is 0.722. The van der Waals surface area contributed by atoms with Crippen LogP contribution in [0.25, 0.3) is 0 Å². The van der Waals surface area contributed by atoms with Gasteiger partial charge in [-0.15, -0.1) is 0 Å². The van der Waals surface area contributed by atoms with Crippen molar-refractivity contribution in [1.29, 1.82) is 0 Å². The van der Waals surface area contributed by atoms with Gasteiger partial charge in [-0.05, 0) is 25.5 Å². The van der Waals surface area contributed by atoms with Crippen LogP contribution in [0.1, 0.15) is 19.1 Å². The molecule has 27 heavy (non-hydrogen) atoms. The van der Waals surface area contributed by atoms with E-state index < -0.39 is 9.84 Å². The van der Waals surface area contributed by atoms with E-state index in [4.69, 9.17) is 9.15 Å². The van der Waals surface area contributed by atoms with Gasteiger partial charge in [0, 0.05) is 44.9 Å².